The van der Waals surface area contributed by atoms with Gasteiger partial charge in [-0.1, -0.05) is 19.1 Å². The van der Waals surface area contributed by atoms with Crippen molar-refractivity contribution in [3.63, 3.8) is 0 Å². The maximum absolute atomic E-state index is 12.9. The molecule has 1 aliphatic heterocycles. The Kier molecular flexibility index (Phi) is 6.56. The highest BCUT2D eigenvalue weighted by Gasteiger charge is 2.40. The number of hydrogen-bond donors (Lipinski definition) is 4. The Morgan fingerprint density at radius 1 is 1.04 bits per heavy atom. The molecule has 1 aliphatic rings. The number of amides is 2. The van der Waals surface area contributed by atoms with Gasteiger partial charge in [-0.3, -0.25) is 9.59 Å². The molecule has 0 aromatic heterocycles. The monoisotopic (exact) mass is 346 g/mol. The van der Waals surface area contributed by atoms with Gasteiger partial charge in [0.15, 0.2) is 0 Å². The van der Waals surface area contributed by atoms with Crippen molar-refractivity contribution in [3.05, 3.63) is 29.3 Å². The molecule has 138 valence electrons. The fraction of sp³-hybridized carbons (Fsp3) is 0.579. The number of hydrogen-bond acceptors (Lipinski definition) is 4. The Morgan fingerprint density at radius 3 is 2.24 bits per heavy atom. The van der Waals surface area contributed by atoms with E-state index in [1.54, 1.807) is 0 Å². The zero-order valence-corrected chi connectivity index (χ0v) is 15.8. The SMILES string of the molecule is CCCNC(=O)C1NC(C)C(C)NC1C(=O)Nc1cc(C)ccc1C. The lowest BCUT2D eigenvalue weighted by Crippen LogP contribution is -2.71. The first-order valence-corrected chi connectivity index (χ1v) is 9.01. The third kappa shape index (κ3) is 4.80. The van der Waals surface area contributed by atoms with Crippen LogP contribution in [-0.4, -0.2) is 42.5 Å². The summed E-state index contributed by atoms with van der Waals surface area (Å²) in [5.41, 5.74) is 2.86. The minimum atomic E-state index is -0.622. The van der Waals surface area contributed by atoms with Crippen molar-refractivity contribution >= 4 is 17.5 Å². The van der Waals surface area contributed by atoms with Crippen LogP contribution in [0.5, 0.6) is 0 Å². The molecule has 4 unspecified atom stereocenters. The summed E-state index contributed by atoms with van der Waals surface area (Å²) in [5.74, 6) is -0.342. The van der Waals surface area contributed by atoms with E-state index < -0.39 is 12.1 Å². The summed E-state index contributed by atoms with van der Waals surface area (Å²) < 4.78 is 0. The molecule has 2 amide bonds. The minimum Gasteiger partial charge on any atom is -0.355 e. The molecule has 1 heterocycles. The summed E-state index contributed by atoms with van der Waals surface area (Å²) in [7, 11) is 0. The van der Waals surface area contributed by atoms with E-state index in [0.717, 1.165) is 23.2 Å². The number of nitrogens with one attached hydrogen (secondary N) is 4. The second-order valence-corrected chi connectivity index (χ2v) is 6.96. The lowest BCUT2D eigenvalue weighted by molar-refractivity contribution is -0.129. The molecular weight excluding hydrogens is 316 g/mol. The average Bonchev–Trinajstić information content (AvgIpc) is 2.57. The van der Waals surface area contributed by atoms with Gasteiger partial charge in [-0.05, 0) is 51.3 Å². The van der Waals surface area contributed by atoms with Crippen LogP contribution in [0.25, 0.3) is 0 Å². The van der Waals surface area contributed by atoms with Crippen molar-refractivity contribution in [2.45, 2.75) is 65.2 Å². The average molecular weight is 346 g/mol. The first kappa shape index (κ1) is 19.4. The van der Waals surface area contributed by atoms with E-state index in [9.17, 15) is 9.59 Å². The first-order valence-electron chi connectivity index (χ1n) is 9.01. The molecular formula is C19H30N4O2. The molecule has 1 aromatic carbocycles. The van der Waals surface area contributed by atoms with E-state index in [2.05, 4.69) is 21.3 Å². The number of piperazine rings is 1. The zero-order chi connectivity index (χ0) is 18.6. The van der Waals surface area contributed by atoms with Crippen LogP contribution in [0.2, 0.25) is 0 Å². The molecule has 0 saturated carbocycles. The maximum Gasteiger partial charge on any atom is 0.243 e. The van der Waals surface area contributed by atoms with E-state index in [1.165, 1.54) is 0 Å². The Bertz CT molecular complexity index is 632. The summed E-state index contributed by atoms with van der Waals surface area (Å²) in [5, 5.41) is 12.4. The van der Waals surface area contributed by atoms with Crippen molar-refractivity contribution in [1.29, 1.82) is 0 Å². The lowest BCUT2D eigenvalue weighted by Gasteiger charge is -2.39. The summed E-state index contributed by atoms with van der Waals surface area (Å²) in [6, 6.07) is 4.91. The number of benzene rings is 1. The highest BCUT2D eigenvalue weighted by molar-refractivity contribution is 6.00. The van der Waals surface area contributed by atoms with Gasteiger partial charge in [-0.25, -0.2) is 0 Å². The Hall–Kier alpha value is -1.92. The van der Waals surface area contributed by atoms with Gasteiger partial charge in [-0.2, -0.15) is 0 Å². The predicted molar refractivity (Wildman–Crippen MR) is 101 cm³/mol. The zero-order valence-electron chi connectivity index (χ0n) is 15.8. The molecule has 0 radical (unpaired) electrons. The molecule has 0 spiro atoms. The summed E-state index contributed by atoms with van der Waals surface area (Å²) in [6.07, 6.45) is 0.858. The van der Waals surface area contributed by atoms with Crippen LogP contribution < -0.4 is 21.3 Å². The lowest BCUT2D eigenvalue weighted by atomic mass is 9.96. The van der Waals surface area contributed by atoms with Crippen LogP contribution >= 0.6 is 0 Å². The normalized spacial score (nSPS) is 26.1. The van der Waals surface area contributed by atoms with Crippen LogP contribution in [0.1, 0.15) is 38.3 Å². The standard InChI is InChI=1S/C19H30N4O2/c1-6-9-20-18(24)16-17(22-14(5)13(4)21-16)19(25)23-15-10-11(2)7-8-12(15)3/h7-8,10,13-14,16-17,21-22H,6,9H2,1-5H3,(H,20,24)(H,23,25). The largest absolute Gasteiger partial charge is 0.355 e. The van der Waals surface area contributed by atoms with Crippen LogP contribution in [0.3, 0.4) is 0 Å². The van der Waals surface area contributed by atoms with Gasteiger partial charge in [0, 0.05) is 24.3 Å². The fourth-order valence-corrected chi connectivity index (χ4v) is 2.94. The molecule has 1 fully saturated rings. The first-order chi connectivity index (χ1) is 11.8. The number of carbonyl (C=O) groups is 2. The summed E-state index contributed by atoms with van der Waals surface area (Å²) >= 11 is 0. The summed E-state index contributed by atoms with van der Waals surface area (Å²) in [4.78, 5) is 25.4. The smallest absolute Gasteiger partial charge is 0.243 e. The maximum atomic E-state index is 12.9. The number of aryl methyl sites for hydroxylation is 2. The second kappa shape index (κ2) is 8.45. The van der Waals surface area contributed by atoms with Gasteiger partial charge in [0.25, 0.3) is 0 Å². The number of carbonyl (C=O) groups excluding carboxylic acids is 2. The fourth-order valence-electron chi connectivity index (χ4n) is 2.94. The molecule has 6 heteroatoms. The van der Waals surface area contributed by atoms with Gasteiger partial charge in [0.05, 0.1) is 0 Å². The highest BCUT2D eigenvalue weighted by Crippen LogP contribution is 2.18. The molecule has 4 N–H and O–H groups in total. The van der Waals surface area contributed by atoms with Gasteiger partial charge in [0.2, 0.25) is 11.8 Å². The van der Waals surface area contributed by atoms with Crippen LogP contribution in [0.4, 0.5) is 5.69 Å². The predicted octanol–water partition coefficient (Wildman–Crippen LogP) is 1.48. The van der Waals surface area contributed by atoms with Gasteiger partial charge >= 0.3 is 0 Å². The molecule has 1 aromatic rings. The third-order valence-corrected chi connectivity index (χ3v) is 4.73. The van der Waals surface area contributed by atoms with Crippen LogP contribution in [-0.2, 0) is 9.59 Å². The topological polar surface area (TPSA) is 82.3 Å². The molecule has 6 nitrogen and oxygen atoms in total. The summed E-state index contributed by atoms with van der Waals surface area (Å²) in [6.45, 7) is 10.6. The van der Waals surface area contributed by atoms with E-state index in [4.69, 9.17) is 0 Å². The molecule has 4 atom stereocenters. The van der Waals surface area contributed by atoms with Crippen molar-refractivity contribution in [1.82, 2.24) is 16.0 Å². The quantitative estimate of drug-likeness (QED) is 0.651. The number of anilines is 1. The molecule has 1 saturated heterocycles. The van der Waals surface area contributed by atoms with Crippen molar-refractivity contribution in [2.24, 2.45) is 0 Å². The third-order valence-electron chi connectivity index (χ3n) is 4.73. The highest BCUT2D eigenvalue weighted by atomic mass is 16.2. The second-order valence-electron chi connectivity index (χ2n) is 6.96. The van der Waals surface area contributed by atoms with E-state index in [0.29, 0.717) is 6.54 Å². The Balaban J connectivity index is 2.17. The van der Waals surface area contributed by atoms with Crippen LogP contribution in [0, 0.1) is 13.8 Å². The van der Waals surface area contributed by atoms with Crippen LogP contribution in [0.15, 0.2) is 18.2 Å². The van der Waals surface area contributed by atoms with E-state index in [-0.39, 0.29) is 23.9 Å². The van der Waals surface area contributed by atoms with Gasteiger partial charge < -0.3 is 21.3 Å². The van der Waals surface area contributed by atoms with Gasteiger partial charge in [0.1, 0.15) is 12.1 Å². The molecule has 25 heavy (non-hydrogen) atoms. The van der Waals surface area contributed by atoms with E-state index in [1.807, 2.05) is 52.8 Å². The Labute approximate surface area is 150 Å². The van der Waals surface area contributed by atoms with E-state index >= 15 is 0 Å². The van der Waals surface area contributed by atoms with Gasteiger partial charge in [-0.15, -0.1) is 0 Å². The van der Waals surface area contributed by atoms with Crippen molar-refractivity contribution in [3.8, 4) is 0 Å². The Morgan fingerprint density at radius 2 is 1.64 bits per heavy atom. The molecule has 0 bridgehead atoms. The molecule has 0 aliphatic carbocycles. The van der Waals surface area contributed by atoms with Crippen molar-refractivity contribution in [2.75, 3.05) is 11.9 Å². The number of rotatable bonds is 5. The minimum absolute atomic E-state index is 0.0876. The van der Waals surface area contributed by atoms with Crippen molar-refractivity contribution < 1.29 is 9.59 Å². The molecule has 2 rings (SSSR count).